The van der Waals surface area contributed by atoms with Crippen molar-refractivity contribution in [2.75, 3.05) is 0 Å². The second-order valence-corrected chi connectivity index (χ2v) is 4.17. The summed E-state index contributed by atoms with van der Waals surface area (Å²) < 4.78 is 0. The molecule has 15 heavy (non-hydrogen) atoms. The molecule has 82 valence electrons. The molecule has 1 rings (SSSR count). The first-order valence-corrected chi connectivity index (χ1v) is 6.01. The van der Waals surface area contributed by atoms with Gasteiger partial charge in [0.05, 0.1) is 0 Å². The van der Waals surface area contributed by atoms with Gasteiger partial charge in [0.2, 0.25) is 0 Å². The van der Waals surface area contributed by atoms with Crippen molar-refractivity contribution in [3.8, 4) is 0 Å². The molecule has 0 aliphatic heterocycles. The van der Waals surface area contributed by atoms with E-state index >= 15 is 0 Å². The van der Waals surface area contributed by atoms with E-state index in [-0.39, 0.29) is 0 Å². The molecule has 0 nitrogen and oxygen atoms in total. The highest BCUT2D eigenvalue weighted by molar-refractivity contribution is 5.53. The van der Waals surface area contributed by atoms with Crippen LogP contribution in [0.1, 0.15) is 44.2 Å². The van der Waals surface area contributed by atoms with Crippen molar-refractivity contribution in [3.63, 3.8) is 0 Å². The second-order valence-electron chi connectivity index (χ2n) is 4.17. The summed E-state index contributed by atoms with van der Waals surface area (Å²) >= 11 is 0. The Balaban J connectivity index is 2.67. The van der Waals surface area contributed by atoms with Crippen molar-refractivity contribution in [2.45, 2.75) is 40.0 Å². The minimum atomic E-state index is 0.745. The van der Waals surface area contributed by atoms with Crippen molar-refractivity contribution < 1.29 is 0 Å². The van der Waals surface area contributed by atoms with E-state index in [1.165, 1.54) is 30.4 Å². The van der Waals surface area contributed by atoms with Gasteiger partial charge in [-0.25, -0.2) is 0 Å². The zero-order valence-corrected chi connectivity index (χ0v) is 10.2. The maximum absolute atomic E-state index is 2.37. The van der Waals surface area contributed by atoms with Gasteiger partial charge in [0.25, 0.3) is 0 Å². The quantitative estimate of drug-likeness (QED) is 0.641. The Hall–Kier alpha value is -1.04. The summed E-state index contributed by atoms with van der Waals surface area (Å²) in [5.74, 6) is 0.745. The molecule has 0 aromatic heterocycles. The van der Waals surface area contributed by atoms with E-state index in [0.29, 0.717) is 0 Å². The van der Waals surface area contributed by atoms with E-state index in [1.54, 1.807) is 0 Å². The smallest absolute Gasteiger partial charge is 0.0230 e. The lowest BCUT2D eigenvalue weighted by Crippen LogP contribution is -1.92. The van der Waals surface area contributed by atoms with Crippen molar-refractivity contribution in [1.82, 2.24) is 0 Å². The Kier molecular flexibility index (Phi) is 5.17. The van der Waals surface area contributed by atoms with Gasteiger partial charge in [-0.15, -0.1) is 0 Å². The Morgan fingerprint density at radius 2 is 1.93 bits per heavy atom. The molecule has 1 atom stereocenters. The fraction of sp³-hybridized carbons (Fsp3) is 0.467. The zero-order valence-electron chi connectivity index (χ0n) is 10.2. The van der Waals surface area contributed by atoms with E-state index in [0.717, 1.165) is 5.92 Å². The van der Waals surface area contributed by atoms with Crippen molar-refractivity contribution >= 4 is 6.08 Å². The van der Waals surface area contributed by atoms with Gasteiger partial charge < -0.3 is 0 Å². The summed E-state index contributed by atoms with van der Waals surface area (Å²) in [6, 6.07) is 8.55. The molecule has 0 radical (unpaired) electrons. The van der Waals surface area contributed by atoms with E-state index in [1.807, 2.05) is 0 Å². The topological polar surface area (TPSA) is 0 Å². The summed E-state index contributed by atoms with van der Waals surface area (Å²) in [7, 11) is 0. The fourth-order valence-electron chi connectivity index (χ4n) is 1.82. The lowest BCUT2D eigenvalue weighted by molar-refractivity contribution is 0.565. The molecule has 0 fully saturated rings. The molecule has 0 saturated carbocycles. The van der Waals surface area contributed by atoms with Crippen LogP contribution >= 0.6 is 0 Å². The number of benzene rings is 1. The zero-order chi connectivity index (χ0) is 11.1. The molecule has 0 saturated heterocycles. The minimum Gasteiger partial charge on any atom is -0.0808 e. The lowest BCUT2D eigenvalue weighted by atomic mass is 9.98. The summed E-state index contributed by atoms with van der Waals surface area (Å²) in [5, 5.41) is 0. The maximum Gasteiger partial charge on any atom is -0.0230 e. The SMILES string of the molecule is CCCC(C=Cc1ccccc1C)CC. The van der Waals surface area contributed by atoms with E-state index in [2.05, 4.69) is 57.2 Å². The van der Waals surface area contributed by atoms with Crippen molar-refractivity contribution in [2.24, 2.45) is 5.92 Å². The number of aryl methyl sites for hydroxylation is 1. The Bertz CT molecular complexity index is 310. The van der Waals surface area contributed by atoms with Crippen LogP contribution in [0.25, 0.3) is 6.08 Å². The lowest BCUT2D eigenvalue weighted by Gasteiger charge is -2.07. The third-order valence-electron chi connectivity index (χ3n) is 2.92. The second kappa shape index (κ2) is 6.44. The molecule has 0 aliphatic carbocycles. The van der Waals surface area contributed by atoms with Crippen LogP contribution in [0, 0.1) is 12.8 Å². The van der Waals surface area contributed by atoms with E-state index < -0.39 is 0 Å². The van der Waals surface area contributed by atoms with Gasteiger partial charge in [-0.3, -0.25) is 0 Å². The third kappa shape index (κ3) is 3.91. The van der Waals surface area contributed by atoms with Gasteiger partial charge in [-0.2, -0.15) is 0 Å². The van der Waals surface area contributed by atoms with Crippen LogP contribution in [-0.4, -0.2) is 0 Å². The van der Waals surface area contributed by atoms with Crippen molar-refractivity contribution in [1.29, 1.82) is 0 Å². The molecule has 0 heteroatoms. The van der Waals surface area contributed by atoms with E-state index in [9.17, 15) is 0 Å². The van der Waals surface area contributed by atoms with Crippen LogP contribution in [0.2, 0.25) is 0 Å². The van der Waals surface area contributed by atoms with Gasteiger partial charge in [0.15, 0.2) is 0 Å². The predicted molar refractivity (Wildman–Crippen MR) is 68.9 cm³/mol. The molecular formula is C15H22. The summed E-state index contributed by atoms with van der Waals surface area (Å²) in [6.45, 7) is 6.69. The van der Waals surface area contributed by atoms with Crippen LogP contribution < -0.4 is 0 Å². The van der Waals surface area contributed by atoms with E-state index in [4.69, 9.17) is 0 Å². The highest BCUT2D eigenvalue weighted by Crippen LogP contribution is 2.16. The van der Waals surface area contributed by atoms with Crippen LogP contribution in [0.3, 0.4) is 0 Å². The summed E-state index contributed by atoms with van der Waals surface area (Å²) in [4.78, 5) is 0. The van der Waals surface area contributed by atoms with Crippen LogP contribution in [0.5, 0.6) is 0 Å². The van der Waals surface area contributed by atoms with Crippen LogP contribution in [-0.2, 0) is 0 Å². The molecule has 0 heterocycles. The first kappa shape index (κ1) is 12.0. The van der Waals surface area contributed by atoms with Gasteiger partial charge in [0.1, 0.15) is 0 Å². The van der Waals surface area contributed by atoms with Crippen LogP contribution in [0.4, 0.5) is 0 Å². The summed E-state index contributed by atoms with van der Waals surface area (Å²) in [6.07, 6.45) is 8.47. The average molecular weight is 202 g/mol. The molecule has 0 amide bonds. The molecule has 0 bridgehead atoms. The number of hydrogen-bond donors (Lipinski definition) is 0. The minimum absolute atomic E-state index is 0.745. The highest BCUT2D eigenvalue weighted by atomic mass is 14.0. The molecule has 0 N–H and O–H groups in total. The van der Waals surface area contributed by atoms with Crippen LogP contribution in [0.15, 0.2) is 30.3 Å². The first-order chi connectivity index (χ1) is 7.27. The molecule has 1 aromatic rings. The number of allylic oxidation sites excluding steroid dienone is 1. The molecule has 0 aliphatic rings. The largest absolute Gasteiger partial charge is 0.0808 e. The maximum atomic E-state index is 2.37. The standard InChI is InChI=1S/C15H22/c1-4-8-14(5-2)11-12-15-10-7-6-9-13(15)3/h6-7,9-12,14H,4-5,8H2,1-3H3. The normalized spacial score (nSPS) is 13.3. The molecule has 1 aromatic carbocycles. The van der Waals surface area contributed by atoms with Gasteiger partial charge in [-0.1, -0.05) is 56.7 Å². The predicted octanol–water partition coefficient (Wildman–Crippen LogP) is 4.83. The van der Waals surface area contributed by atoms with Gasteiger partial charge in [-0.05, 0) is 36.8 Å². The Morgan fingerprint density at radius 3 is 2.53 bits per heavy atom. The number of hydrogen-bond acceptors (Lipinski definition) is 0. The van der Waals surface area contributed by atoms with Gasteiger partial charge in [0, 0.05) is 0 Å². The molecule has 0 spiro atoms. The Morgan fingerprint density at radius 1 is 1.20 bits per heavy atom. The highest BCUT2D eigenvalue weighted by Gasteiger charge is 1.99. The number of rotatable bonds is 5. The summed E-state index contributed by atoms with van der Waals surface area (Å²) in [5.41, 5.74) is 2.71. The fourth-order valence-corrected chi connectivity index (χ4v) is 1.82. The molecular weight excluding hydrogens is 180 g/mol. The first-order valence-electron chi connectivity index (χ1n) is 6.01. The van der Waals surface area contributed by atoms with Gasteiger partial charge >= 0.3 is 0 Å². The Labute approximate surface area is 94.0 Å². The monoisotopic (exact) mass is 202 g/mol. The van der Waals surface area contributed by atoms with Crippen molar-refractivity contribution in [3.05, 3.63) is 41.5 Å². The molecule has 1 unspecified atom stereocenters. The average Bonchev–Trinajstić information content (AvgIpc) is 2.26. The third-order valence-corrected chi connectivity index (χ3v) is 2.92.